The first-order valence-corrected chi connectivity index (χ1v) is 8.62. The van der Waals surface area contributed by atoms with Gasteiger partial charge < -0.3 is 21.7 Å². The third-order valence-corrected chi connectivity index (χ3v) is 5.00. The molecule has 0 unspecified atom stereocenters. The fourth-order valence-electron chi connectivity index (χ4n) is 2.82. The average molecular weight is 347 g/mol. The molecule has 5 N–H and O–H groups in total. The number of carbonyl (C=O) groups is 1. The molecule has 1 aliphatic rings. The van der Waals surface area contributed by atoms with E-state index in [4.69, 9.17) is 11.5 Å². The van der Waals surface area contributed by atoms with Crippen molar-refractivity contribution >= 4 is 34.1 Å². The number of aromatic nitrogens is 3. The van der Waals surface area contributed by atoms with Crippen LogP contribution < -0.4 is 21.7 Å². The zero-order valence-electron chi connectivity index (χ0n) is 13.7. The van der Waals surface area contributed by atoms with Crippen LogP contribution in [0.3, 0.4) is 0 Å². The molecule has 1 amide bonds. The van der Waals surface area contributed by atoms with Crippen LogP contribution in [0.1, 0.15) is 35.9 Å². The van der Waals surface area contributed by atoms with Gasteiger partial charge in [-0.3, -0.25) is 4.79 Å². The molecule has 2 atom stereocenters. The van der Waals surface area contributed by atoms with Crippen molar-refractivity contribution in [3.8, 4) is 0 Å². The fraction of sp³-hybridized carbons (Fsp3) is 0.467. The molecule has 2 aromatic rings. The van der Waals surface area contributed by atoms with Crippen molar-refractivity contribution in [3.05, 3.63) is 23.7 Å². The van der Waals surface area contributed by atoms with E-state index in [0.29, 0.717) is 11.6 Å². The van der Waals surface area contributed by atoms with Crippen LogP contribution in [0.25, 0.3) is 0 Å². The second-order valence-corrected chi connectivity index (χ2v) is 6.79. The van der Waals surface area contributed by atoms with Crippen LogP contribution in [0.2, 0.25) is 0 Å². The Morgan fingerprint density at radius 2 is 2.29 bits per heavy atom. The Kier molecular flexibility index (Phi) is 4.63. The predicted octanol–water partition coefficient (Wildman–Crippen LogP) is 1.40. The van der Waals surface area contributed by atoms with Crippen LogP contribution in [-0.4, -0.2) is 38.9 Å². The van der Waals surface area contributed by atoms with Gasteiger partial charge in [-0.25, -0.2) is 9.97 Å². The first-order valence-electron chi connectivity index (χ1n) is 7.85. The third-order valence-electron chi connectivity index (χ3n) is 4.20. The molecule has 3 heterocycles. The van der Waals surface area contributed by atoms with Gasteiger partial charge in [-0.1, -0.05) is 0 Å². The normalized spacial score (nSPS) is 20.9. The molecule has 2 aromatic heterocycles. The maximum Gasteiger partial charge on any atom is 0.271 e. The van der Waals surface area contributed by atoms with Gasteiger partial charge in [-0.15, -0.1) is 0 Å². The molecule has 0 spiro atoms. The van der Waals surface area contributed by atoms with Crippen molar-refractivity contribution in [2.24, 2.45) is 11.5 Å². The van der Waals surface area contributed by atoms with Gasteiger partial charge in [0.05, 0.1) is 11.9 Å². The van der Waals surface area contributed by atoms with E-state index in [0.717, 1.165) is 30.1 Å². The van der Waals surface area contributed by atoms with Crippen molar-refractivity contribution in [1.82, 2.24) is 14.3 Å². The molecule has 8 nitrogen and oxygen atoms in total. The SMILES string of the molecule is Cc1cc(Nc2nc(N3CCC[C@H](N)[C@@H]3C)cnc2C(N)=O)sn1. The summed E-state index contributed by atoms with van der Waals surface area (Å²) in [6, 6.07) is 2.13. The van der Waals surface area contributed by atoms with Crippen LogP contribution in [0, 0.1) is 6.92 Å². The summed E-state index contributed by atoms with van der Waals surface area (Å²) in [5, 5.41) is 3.89. The number of piperidine rings is 1. The smallest absolute Gasteiger partial charge is 0.271 e. The lowest BCUT2D eigenvalue weighted by Gasteiger charge is -2.38. The zero-order chi connectivity index (χ0) is 17.3. The standard InChI is InChI=1S/C15H21N7OS/c1-8-6-12(24-21-8)20-15-13(14(17)23)18-7-11(19-15)22-5-3-4-10(16)9(22)2/h6-7,9-10H,3-5,16H2,1-2H3,(H2,17,23)(H,19,20)/t9-,10-/m0/s1. The Bertz CT molecular complexity index is 747. The highest BCUT2D eigenvalue weighted by Gasteiger charge is 2.27. The summed E-state index contributed by atoms with van der Waals surface area (Å²) < 4.78 is 4.21. The maximum atomic E-state index is 11.7. The van der Waals surface area contributed by atoms with Crippen LogP contribution in [0.5, 0.6) is 0 Å². The molecule has 0 aliphatic carbocycles. The number of primary amides is 1. The molecule has 1 saturated heterocycles. The molecule has 128 valence electrons. The van der Waals surface area contributed by atoms with Gasteiger partial charge in [-0.05, 0) is 44.3 Å². The Morgan fingerprint density at radius 1 is 1.50 bits per heavy atom. The second kappa shape index (κ2) is 6.70. The molecule has 1 aliphatic heterocycles. The lowest BCUT2D eigenvalue weighted by atomic mass is 9.98. The number of hydrogen-bond acceptors (Lipinski definition) is 8. The third kappa shape index (κ3) is 3.31. The van der Waals surface area contributed by atoms with Gasteiger partial charge in [0.25, 0.3) is 5.91 Å². The number of carbonyl (C=O) groups excluding carboxylic acids is 1. The molecule has 3 rings (SSSR count). The summed E-state index contributed by atoms with van der Waals surface area (Å²) >= 11 is 1.29. The fourth-order valence-corrected chi connectivity index (χ4v) is 3.48. The van der Waals surface area contributed by atoms with Crippen molar-refractivity contribution in [3.63, 3.8) is 0 Å². The van der Waals surface area contributed by atoms with E-state index < -0.39 is 5.91 Å². The minimum atomic E-state index is -0.624. The Labute approximate surface area is 144 Å². The number of rotatable bonds is 4. The number of nitrogens with two attached hydrogens (primary N) is 2. The maximum absolute atomic E-state index is 11.7. The summed E-state index contributed by atoms with van der Waals surface area (Å²) in [7, 11) is 0. The highest BCUT2D eigenvalue weighted by atomic mass is 32.1. The summed E-state index contributed by atoms with van der Waals surface area (Å²) in [6.07, 6.45) is 3.58. The largest absolute Gasteiger partial charge is 0.364 e. The van der Waals surface area contributed by atoms with Gasteiger partial charge in [0.2, 0.25) is 0 Å². The van der Waals surface area contributed by atoms with E-state index in [1.165, 1.54) is 11.5 Å². The summed E-state index contributed by atoms with van der Waals surface area (Å²) in [5.74, 6) is 0.405. The monoisotopic (exact) mass is 347 g/mol. The van der Waals surface area contributed by atoms with E-state index in [9.17, 15) is 4.79 Å². The van der Waals surface area contributed by atoms with Crippen molar-refractivity contribution in [1.29, 1.82) is 0 Å². The molecule has 0 aromatic carbocycles. The van der Waals surface area contributed by atoms with Gasteiger partial charge >= 0.3 is 0 Å². The Morgan fingerprint density at radius 3 is 2.96 bits per heavy atom. The Balaban J connectivity index is 1.94. The van der Waals surface area contributed by atoms with Gasteiger partial charge in [0.15, 0.2) is 11.5 Å². The van der Waals surface area contributed by atoms with E-state index in [1.807, 2.05) is 13.0 Å². The van der Waals surface area contributed by atoms with Gasteiger partial charge in [-0.2, -0.15) is 4.37 Å². The highest BCUT2D eigenvalue weighted by molar-refractivity contribution is 7.10. The number of amides is 1. The minimum Gasteiger partial charge on any atom is -0.364 e. The lowest BCUT2D eigenvalue weighted by Crippen LogP contribution is -2.50. The highest BCUT2D eigenvalue weighted by Crippen LogP contribution is 2.27. The van der Waals surface area contributed by atoms with Crippen LogP contribution in [0.15, 0.2) is 12.3 Å². The van der Waals surface area contributed by atoms with Gasteiger partial charge in [0, 0.05) is 18.6 Å². The molecule has 1 fully saturated rings. The quantitative estimate of drug-likeness (QED) is 0.764. The molecule has 0 bridgehead atoms. The molecule has 0 radical (unpaired) electrons. The number of aryl methyl sites for hydroxylation is 1. The molecular weight excluding hydrogens is 326 g/mol. The first kappa shape index (κ1) is 16.6. The van der Waals surface area contributed by atoms with E-state index in [-0.39, 0.29) is 17.8 Å². The predicted molar refractivity (Wildman–Crippen MR) is 94.7 cm³/mol. The summed E-state index contributed by atoms with van der Waals surface area (Å²) in [6.45, 7) is 4.83. The van der Waals surface area contributed by atoms with E-state index in [1.54, 1.807) is 6.20 Å². The summed E-state index contributed by atoms with van der Waals surface area (Å²) in [5.41, 5.74) is 12.6. The first-order chi connectivity index (χ1) is 11.5. The van der Waals surface area contributed by atoms with Crippen molar-refractivity contribution in [2.75, 3.05) is 16.8 Å². The molecule has 24 heavy (non-hydrogen) atoms. The topological polar surface area (TPSA) is 123 Å². The van der Waals surface area contributed by atoms with E-state index >= 15 is 0 Å². The van der Waals surface area contributed by atoms with Crippen LogP contribution in [-0.2, 0) is 0 Å². The Hall–Kier alpha value is -2.26. The molecule has 9 heteroatoms. The average Bonchev–Trinajstić information content (AvgIpc) is 2.95. The molecular formula is C15H21N7OS. The lowest BCUT2D eigenvalue weighted by molar-refractivity contribution is 0.0996. The van der Waals surface area contributed by atoms with Crippen LogP contribution in [0.4, 0.5) is 16.6 Å². The number of nitrogens with zero attached hydrogens (tertiary/aromatic N) is 4. The number of nitrogens with one attached hydrogen (secondary N) is 1. The van der Waals surface area contributed by atoms with Crippen molar-refractivity contribution in [2.45, 2.75) is 38.8 Å². The van der Waals surface area contributed by atoms with Crippen LogP contribution >= 0.6 is 11.5 Å². The molecule has 0 saturated carbocycles. The van der Waals surface area contributed by atoms with Gasteiger partial charge in [0.1, 0.15) is 10.8 Å². The van der Waals surface area contributed by atoms with Crippen molar-refractivity contribution < 1.29 is 4.79 Å². The second-order valence-electron chi connectivity index (χ2n) is 5.99. The number of hydrogen-bond donors (Lipinski definition) is 3. The number of anilines is 3. The minimum absolute atomic E-state index is 0.0944. The van der Waals surface area contributed by atoms with E-state index in [2.05, 4.69) is 31.5 Å². The summed E-state index contributed by atoms with van der Waals surface area (Å²) in [4.78, 5) is 22.6. The zero-order valence-corrected chi connectivity index (χ0v) is 14.5.